The highest BCUT2D eigenvalue weighted by Gasteiger charge is 2.21. The van der Waals surface area contributed by atoms with Crippen molar-refractivity contribution in [2.45, 2.75) is 39.2 Å². The zero-order valence-electron chi connectivity index (χ0n) is 11.4. The van der Waals surface area contributed by atoms with Crippen molar-refractivity contribution >= 4 is 0 Å². The van der Waals surface area contributed by atoms with Crippen molar-refractivity contribution in [1.29, 1.82) is 0 Å². The molecule has 2 rings (SSSR count). The summed E-state index contributed by atoms with van der Waals surface area (Å²) in [5.41, 5.74) is 2.83. The summed E-state index contributed by atoms with van der Waals surface area (Å²) in [4.78, 5) is 0. The van der Waals surface area contributed by atoms with Crippen molar-refractivity contribution in [3.63, 3.8) is 0 Å². The van der Waals surface area contributed by atoms with Gasteiger partial charge in [-0.15, -0.1) is 0 Å². The van der Waals surface area contributed by atoms with Gasteiger partial charge in [0, 0.05) is 6.04 Å². The fraction of sp³-hybridized carbons (Fsp3) is 0.500. The molecule has 1 N–H and O–H groups in total. The molecule has 0 saturated carbocycles. The normalized spacial score (nSPS) is 18.9. The summed E-state index contributed by atoms with van der Waals surface area (Å²) in [5.74, 6) is 1.06. The van der Waals surface area contributed by atoms with E-state index in [0.717, 1.165) is 18.7 Å². The number of ether oxygens (including phenoxy) is 1. The van der Waals surface area contributed by atoms with Gasteiger partial charge in [-0.25, -0.2) is 0 Å². The van der Waals surface area contributed by atoms with Gasteiger partial charge in [0.15, 0.2) is 0 Å². The second-order valence-electron chi connectivity index (χ2n) is 4.71. The monoisotopic (exact) mass is 245 g/mol. The van der Waals surface area contributed by atoms with E-state index in [0.29, 0.717) is 12.6 Å². The molecule has 0 amide bonds. The molecule has 1 aliphatic carbocycles. The summed E-state index contributed by atoms with van der Waals surface area (Å²) < 4.78 is 5.86. The van der Waals surface area contributed by atoms with Gasteiger partial charge in [0.2, 0.25) is 0 Å². The van der Waals surface area contributed by atoms with Gasteiger partial charge in [0.05, 0.1) is 0 Å². The van der Waals surface area contributed by atoms with Gasteiger partial charge in [-0.2, -0.15) is 0 Å². The summed E-state index contributed by atoms with van der Waals surface area (Å²) >= 11 is 0. The van der Waals surface area contributed by atoms with Gasteiger partial charge in [-0.05, 0) is 49.9 Å². The zero-order valence-corrected chi connectivity index (χ0v) is 11.4. The van der Waals surface area contributed by atoms with Crippen LogP contribution in [0.15, 0.2) is 30.4 Å². The molecule has 18 heavy (non-hydrogen) atoms. The standard InChI is InChI=1S/C16H23NO/c1-3-5-12-18-16-11-7-8-13-14(16)9-6-10-15(13)17-4-2/h3,5,7-8,11,15,17H,4,6,9-10,12H2,1-2H3. The molecule has 1 aromatic carbocycles. The second-order valence-corrected chi connectivity index (χ2v) is 4.71. The Balaban J connectivity index is 2.20. The summed E-state index contributed by atoms with van der Waals surface area (Å²) in [6.45, 7) is 5.87. The van der Waals surface area contributed by atoms with Crippen LogP contribution in [-0.4, -0.2) is 13.2 Å². The third kappa shape index (κ3) is 2.94. The topological polar surface area (TPSA) is 21.3 Å². The number of hydrogen-bond acceptors (Lipinski definition) is 2. The molecule has 0 spiro atoms. The van der Waals surface area contributed by atoms with Crippen molar-refractivity contribution in [3.8, 4) is 5.75 Å². The molecule has 0 aliphatic heterocycles. The minimum Gasteiger partial charge on any atom is -0.489 e. The molecule has 98 valence electrons. The van der Waals surface area contributed by atoms with E-state index in [2.05, 4.69) is 30.4 Å². The Hall–Kier alpha value is -1.28. The third-order valence-electron chi connectivity index (χ3n) is 3.49. The van der Waals surface area contributed by atoms with Crippen LogP contribution in [0.1, 0.15) is 43.9 Å². The Morgan fingerprint density at radius 3 is 3.11 bits per heavy atom. The van der Waals surface area contributed by atoms with Crippen LogP contribution in [0.25, 0.3) is 0 Å². The molecule has 0 aromatic heterocycles. The molecule has 2 nitrogen and oxygen atoms in total. The molecule has 2 heteroatoms. The largest absolute Gasteiger partial charge is 0.489 e. The van der Waals surface area contributed by atoms with Crippen LogP contribution in [0.4, 0.5) is 0 Å². The Morgan fingerprint density at radius 1 is 1.44 bits per heavy atom. The van der Waals surface area contributed by atoms with Crippen molar-refractivity contribution < 1.29 is 4.74 Å². The van der Waals surface area contributed by atoms with Crippen LogP contribution in [0.3, 0.4) is 0 Å². The van der Waals surface area contributed by atoms with Gasteiger partial charge in [0.1, 0.15) is 12.4 Å². The molecule has 1 atom stereocenters. The van der Waals surface area contributed by atoms with Gasteiger partial charge in [-0.1, -0.05) is 31.2 Å². The van der Waals surface area contributed by atoms with E-state index in [1.807, 2.05) is 19.1 Å². The maximum absolute atomic E-state index is 5.86. The summed E-state index contributed by atoms with van der Waals surface area (Å²) in [7, 11) is 0. The molecule has 0 bridgehead atoms. The SMILES string of the molecule is CC=CCOc1cccc2c1CCCC2NCC. The van der Waals surface area contributed by atoms with Gasteiger partial charge in [-0.3, -0.25) is 0 Å². The molecule has 1 aliphatic rings. The number of allylic oxidation sites excluding steroid dienone is 1. The van der Waals surface area contributed by atoms with Crippen molar-refractivity contribution in [1.82, 2.24) is 5.32 Å². The van der Waals surface area contributed by atoms with Crippen LogP contribution in [0.2, 0.25) is 0 Å². The number of benzene rings is 1. The maximum Gasteiger partial charge on any atom is 0.123 e. The predicted molar refractivity (Wildman–Crippen MR) is 76.1 cm³/mol. The maximum atomic E-state index is 5.86. The first-order valence-electron chi connectivity index (χ1n) is 6.96. The molecule has 1 aromatic rings. The average Bonchev–Trinajstić information content (AvgIpc) is 2.40. The first kappa shape index (κ1) is 13.2. The van der Waals surface area contributed by atoms with Crippen LogP contribution >= 0.6 is 0 Å². The first-order valence-corrected chi connectivity index (χ1v) is 6.96. The Morgan fingerprint density at radius 2 is 2.33 bits per heavy atom. The van der Waals surface area contributed by atoms with Crippen LogP contribution in [0, 0.1) is 0 Å². The molecule has 0 fully saturated rings. The van der Waals surface area contributed by atoms with Gasteiger partial charge in [0.25, 0.3) is 0 Å². The molecule has 1 unspecified atom stereocenters. The molecular weight excluding hydrogens is 222 g/mol. The third-order valence-corrected chi connectivity index (χ3v) is 3.49. The lowest BCUT2D eigenvalue weighted by Crippen LogP contribution is -2.25. The lowest BCUT2D eigenvalue weighted by atomic mass is 9.87. The highest BCUT2D eigenvalue weighted by Crippen LogP contribution is 2.35. The van der Waals surface area contributed by atoms with Crippen LogP contribution in [-0.2, 0) is 6.42 Å². The van der Waals surface area contributed by atoms with Crippen molar-refractivity contribution in [2.75, 3.05) is 13.2 Å². The smallest absolute Gasteiger partial charge is 0.123 e. The lowest BCUT2D eigenvalue weighted by Gasteiger charge is -2.27. The lowest BCUT2D eigenvalue weighted by molar-refractivity contribution is 0.352. The number of hydrogen-bond donors (Lipinski definition) is 1. The zero-order chi connectivity index (χ0) is 12.8. The van der Waals surface area contributed by atoms with Gasteiger partial charge < -0.3 is 10.1 Å². The minimum atomic E-state index is 0.504. The molecule has 0 radical (unpaired) electrons. The van der Waals surface area contributed by atoms with E-state index >= 15 is 0 Å². The van der Waals surface area contributed by atoms with Crippen molar-refractivity contribution in [2.24, 2.45) is 0 Å². The first-order chi connectivity index (χ1) is 8.86. The van der Waals surface area contributed by atoms with E-state index in [1.165, 1.54) is 24.0 Å². The Labute approximate surface area is 110 Å². The van der Waals surface area contributed by atoms with E-state index in [1.54, 1.807) is 0 Å². The molecule has 0 saturated heterocycles. The highest BCUT2D eigenvalue weighted by atomic mass is 16.5. The molecule has 0 heterocycles. The van der Waals surface area contributed by atoms with E-state index in [-0.39, 0.29) is 0 Å². The second kappa shape index (κ2) is 6.60. The predicted octanol–water partition coefficient (Wildman–Crippen LogP) is 3.63. The summed E-state index contributed by atoms with van der Waals surface area (Å²) in [5, 5.41) is 3.57. The average molecular weight is 245 g/mol. The van der Waals surface area contributed by atoms with E-state index in [9.17, 15) is 0 Å². The van der Waals surface area contributed by atoms with E-state index < -0.39 is 0 Å². The van der Waals surface area contributed by atoms with Gasteiger partial charge >= 0.3 is 0 Å². The van der Waals surface area contributed by atoms with Crippen LogP contribution < -0.4 is 10.1 Å². The fourth-order valence-electron chi connectivity index (χ4n) is 2.64. The van der Waals surface area contributed by atoms with Crippen LogP contribution in [0.5, 0.6) is 5.75 Å². The van der Waals surface area contributed by atoms with E-state index in [4.69, 9.17) is 4.74 Å². The number of rotatable bonds is 5. The summed E-state index contributed by atoms with van der Waals surface area (Å²) in [6, 6.07) is 6.95. The number of nitrogens with one attached hydrogen (secondary N) is 1. The summed E-state index contributed by atoms with van der Waals surface area (Å²) in [6.07, 6.45) is 7.69. The quantitative estimate of drug-likeness (QED) is 0.800. The molecular formula is C16H23NO. The number of fused-ring (bicyclic) bond motifs is 1. The fourth-order valence-corrected chi connectivity index (χ4v) is 2.64. The van der Waals surface area contributed by atoms with Crippen molar-refractivity contribution in [3.05, 3.63) is 41.5 Å². The highest BCUT2D eigenvalue weighted by molar-refractivity contribution is 5.43. The Bertz CT molecular complexity index is 412. The Kier molecular flexibility index (Phi) is 4.82. The minimum absolute atomic E-state index is 0.504.